The number of hydrogen-bond donors (Lipinski definition) is 2. The first kappa shape index (κ1) is 19.6. The smallest absolute Gasteiger partial charge is 0.427 e. The van der Waals surface area contributed by atoms with Crippen molar-refractivity contribution in [1.82, 2.24) is 4.98 Å². The molecule has 3 N–H and O–H groups in total. The number of alkyl halides is 3. The molecule has 0 spiro atoms. The molecule has 0 saturated heterocycles. The molecule has 0 aliphatic carbocycles. The highest BCUT2D eigenvalue weighted by molar-refractivity contribution is 5.85. The van der Waals surface area contributed by atoms with Crippen molar-refractivity contribution in [2.24, 2.45) is 5.73 Å². The molecule has 1 aromatic rings. The minimum absolute atomic E-state index is 0. The summed E-state index contributed by atoms with van der Waals surface area (Å²) in [6.45, 7) is -2.22. The highest BCUT2D eigenvalue weighted by Gasteiger charge is 2.31. The van der Waals surface area contributed by atoms with E-state index in [9.17, 15) is 13.2 Å². The van der Waals surface area contributed by atoms with E-state index >= 15 is 0 Å². The monoisotopic (exact) mass is 308 g/mol. The van der Waals surface area contributed by atoms with Crippen molar-refractivity contribution >= 4 is 24.8 Å². The molecule has 18 heavy (non-hydrogen) atoms. The largest absolute Gasteiger partial charge is 0.429 e. The first-order valence-electron chi connectivity index (χ1n) is 4.43. The number of pyridine rings is 1. The number of aromatic nitrogens is 1. The van der Waals surface area contributed by atoms with Crippen molar-refractivity contribution < 1.29 is 23.0 Å². The third-order valence-electron chi connectivity index (χ3n) is 1.76. The second-order valence-corrected chi connectivity index (χ2v) is 3.08. The van der Waals surface area contributed by atoms with Crippen LogP contribution in [0.25, 0.3) is 0 Å². The van der Waals surface area contributed by atoms with Gasteiger partial charge in [0, 0.05) is 0 Å². The van der Waals surface area contributed by atoms with Crippen LogP contribution in [0.15, 0.2) is 18.3 Å². The van der Waals surface area contributed by atoms with E-state index in [-0.39, 0.29) is 37.2 Å². The standard InChI is InChI=1S/C9H11F3N2O2.2ClH/c10-5-9(11,12)16-6-1-2-8(14-3-6)7(13)4-15;;/h1-3,7,15H,4-5,13H2;2*1H/t7-;;/m1../s1. The van der Waals surface area contributed by atoms with E-state index in [0.717, 1.165) is 6.20 Å². The molecule has 0 aliphatic heterocycles. The molecule has 0 aliphatic rings. The van der Waals surface area contributed by atoms with Gasteiger partial charge in [-0.25, -0.2) is 4.39 Å². The van der Waals surface area contributed by atoms with Gasteiger partial charge in [0.15, 0.2) is 6.67 Å². The number of rotatable bonds is 5. The maximum Gasteiger partial charge on any atom is 0.427 e. The Morgan fingerprint density at radius 3 is 2.39 bits per heavy atom. The highest BCUT2D eigenvalue weighted by atomic mass is 35.5. The lowest BCUT2D eigenvalue weighted by Crippen LogP contribution is -2.27. The number of halogens is 5. The molecule has 1 atom stereocenters. The van der Waals surface area contributed by atoms with Crippen LogP contribution in [0.5, 0.6) is 5.75 Å². The summed E-state index contributed by atoms with van der Waals surface area (Å²) in [6.07, 6.45) is -2.86. The van der Waals surface area contributed by atoms with E-state index in [1.807, 2.05) is 0 Å². The number of aliphatic hydroxyl groups is 1. The van der Waals surface area contributed by atoms with Gasteiger partial charge < -0.3 is 15.6 Å². The molecule has 9 heteroatoms. The van der Waals surface area contributed by atoms with Gasteiger partial charge in [0.1, 0.15) is 5.75 Å². The fourth-order valence-corrected chi connectivity index (χ4v) is 0.965. The van der Waals surface area contributed by atoms with Gasteiger partial charge in [-0.15, -0.1) is 24.8 Å². The number of ether oxygens (including phenoxy) is 1. The van der Waals surface area contributed by atoms with Crippen LogP contribution in [0.3, 0.4) is 0 Å². The van der Waals surface area contributed by atoms with Crippen LogP contribution in [-0.2, 0) is 0 Å². The third kappa shape index (κ3) is 5.72. The number of nitrogens with zero attached hydrogens (tertiary/aromatic N) is 1. The predicted molar refractivity (Wildman–Crippen MR) is 64.3 cm³/mol. The van der Waals surface area contributed by atoms with Crippen molar-refractivity contribution in [3.63, 3.8) is 0 Å². The molecule has 0 bridgehead atoms. The zero-order valence-corrected chi connectivity index (χ0v) is 10.7. The quantitative estimate of drug-likeness (QED) is 0.871. The van der Waals surface area contributed by atoms with E-state index in [2.05, 4.69) is 9.72 Å². The van der Waals surface area contributed by atoms with Gasteiger partial charge in [0.25, 0.3) is 0 Å². The van der Waals surface area contributed by atoms with Gasteiger partial charge in [0.2, 0.25) is 0 Å². The maximum absolute atomic E-state index is 12.5. The predicted octanol–water partition coefficient (Wildman–Crippen LogP) is 1.86. The van der Waals surface area contributed by atoms with Crippen LogP contribution in [0.4, 0.5) is 13.2 Å². The Balaban J connectivity index is 0. The van der Waals surface area contributed by atoms with Crippen LogP contribution in [0.1, 0.15) is 11.7 Å². The normalized spacial score (nSPS) is 12.1. The molecule has 4 nitrogen and oxygen atoms in total. The maximum atomic E-state index is 12.5. The zero-order valence-electron chi connectivity index (χ0n) is 9.05. The summed E-state index contributed by atoms with van der Waals surface area (Å²) in [7, 11) is 0. The molecule has 0 fully saturated rings. The van der Waals surface area contributed by atoms with Crippen LogP contribution in [0.2, 0.25) is 0 Å². The summed E-state index contributed by atoms with van der Waals surface area (Å²) < 4.78 is 40.8. The van der Waals surface area contributed by atoms with E-state index in [1.54, 1.807) is 0 Å². The van der Waals surface area contributed by atoms with E-state index in [4.69, 9.17) is 10.8 Å². The minimum atomic E-state index is -3.86. The number of aliphatic hydroxyl groups excluding tert-OH is 1. The molecule has 0 amide bonds. The topological polar surface area (TPSA) is 68.4 Å². The third-order valence-corrected chi connectivity index (χ3v) is 1.76. The van der Waals surface area contributed by atoms with Gasteiger partial charge in [-0.2, -0.15) is 8.78 Å². The summed E-state index contributed by atoms with van der Waals surface area (Å²) >= 11 is 0. The lowest BCUT2D eigenvalue weighted by molar-refractivity contribution is -0.186. The fourth-order valence-electron chi connectivity index (χ4n) is 0.965. The van der Waals surface area contributed by atoms with E-state index < -0.39 is 18.8 Å². The van der Waals surface area contributed by atoms with E-state index in [0.29, 0.717) is 5.69 Å². The Bertz CT molecular complexity index is 341. The summed E-state index contributed by atoms with van der Waals surface area (Å²) in [6, 6.07) is 1.82. The summed E-state index contributed by atoms with van der Waals surface area (Å²) in [4.78, 5) is 3.70. The van der Waals surface area contributed by atoms with Crippen molar-refractivity contribution in [3.05, 3.63) is 24.0 Å². The molecule has 106 valence electrons. The lowest BCUT2D eigenvalue weighted by atomic mass is 10.2. The fraction of sp³-hybridized carbons (Fsp3) is 0.444. The Labute approximate surface area is 114 Å². The minimum Gasteiger partial charge on any atom is -0.429 e. The highest BCUT2D eigenvalue weighted by Crippen LogP contribution is 2.21. The molecular formula is C9H13Cl2F3N2O2. The van der Waals surface area contributed by atoms with Crippen LogP contribution in [0, 0.1) is 0 Å². The van der Waals surface area contributed by atoms with Crippen molar-refractivity contribution in [2.45, 2.75) is 12.2 Å². The molecular weight excluding hydrogens is 296 g/mol. The molecule has 1 aromatic heterocycles. The van der Waals surface area contributed by atoms with Crippen molar-refractivity contribution in [3.8, 4) is 5.75 Å². The van der Waals surface area contributed by atoms with E-state index in [1.165, 1.54) is 12.1 Å². The molecule has 0 aromatic carbocycles. The first-order chi connectivity index (χ1) is 7.48. The molecule has 1 rings (SSSR count). The summed E-state index contributed by atoms with van der Waals surface area (Å²) in [5.41, 5.74) is 5.77. The van der Waals surface area contributed by atoms with Crippen LogP contribution in [-0.4, -0.2) is 29.5 Å². The van der Waals surface area contributed by atoms with Gasteiger partial charge in [-0.1, -0.05) is 0 Å². The molecule has 0 radical (unpaired) electrons. The Hall–Kier alpha value is -0.760. The number of hydrogen-bond acceptors (Lipinski definition) is 4. The van der Waals surface area contributed by atoms with Crippen molar-refractivity contribution in [2.75, 3.05) is 13.3 Å². The average molecular weight is 309 g/mol. The Kier molecular flexibility index (Phi) is 9.09. The molecule has 0 unspecified atom stereocenters. The lowest BCUT2D eigenvalue weighted by Gasteiger charge is -2.14. The molecule has 0 saturated carbocycles. The Morgan fingerprint density at radius 2 is 2.00 bits per heavy atom. The van der Waals surface area contributed by atoms with Gasteiger partial charge >= 0.3 is 6.11 Å². The van der Waals surface area contributed by atoms with Crippen LogP contribution < -0.4 is 10.5 Å². The van der Waals surface area contributed by atoms with Gasteiger partial charge in [0.05, 0.1) is 24.5 Å². The summed E-state index contributed by atoms with van der Waals surface area (Å²) in [5, 5.41) is 8.72. The zero-order chi connectivity index (χ0) is 12.2. The average Bonchev–Trinajstić information content (AvgIpc) is 2.28. The number of nitrogens with two attached hydrogens (primary N) is 1. The summed E-state index contributed by atoms with van der Waals surface area (Å²) in [5.74, 6) is -0.267. The van der Waals surface area contributed by atoms with Crippen molar-refractivity contribution in [1.29, 1.82) is 0 Å². The first-order valence-corrected chi connectivity index (χ1v) is 4.43. The Morgan fingerprint density at radius 1 is 1.39 bits per heavy atom. The SMILES string of the molecule is Cl.Cl.N[C@H](CO)c1ccc(OC(F)(F)CF)cn1. The second-order valence-electron chi connectivity index (χ2n) is 3.08. The molecule has 1 heterocycles. The van der Waals surface area contributed by atoms with Gasteiger partial charge in [-0.05, 0) is 12.1 Å². The van der Waals surface area contributed by atoms with Crippen LogP contribution >= 0.6 is 24.8 Å². The van der Waals surface area contributed by atoms with Gasteiger partial charge in [-0.3, -0.25) is 4.98 Å². The second kappa shape index (κ2) is 8.36.